The minimum Gasteiger partial charge on any atom is -0.496 e. The van der Waals surface area contributed by atoms with Crippen LogP contribution in [0.15, 0.2) is 28.7 Å². The molecule has 0 fully saturated rings. The number of carboxylic acids is 2. The van der Waals surface area contributed by atoms with E-state index in [2.05, 4.69) is 15.9 Å². The third-order valence-electron chi connectivity index (χ3n) is 1.96. The predicted molar refractivity (Wildman–Crippen MR) is 63.9 cm³/mol. The Morgan fingerprint density at radius 3 is 2.41 bits per heavy atom. The number of hydrogen-bond donors (Lipinski definition) is 2. The second-order valence-electron chi connectivity index (χ2n) is 3.05. The van der Waals surface area contributed by atoms with Crippen molar-refractivity contribution in [2.75, 3.05) is 7.11 Å². The molecule has 0 saturated carbocycles. The second-order valence-corrected chi connectivity index (χ2v) is 3.91. The molecule has 1 rings (SSSR count). The molecule has 0 aliphatic carbocycles. The molecular formula is C11H9BrO5. The van der Waals surface area contributed by atoms with E-state index >= 15 is 0 Å². The number of hydrogen-bond acceptors (Lipinski definition) is 3. The first-order valence-corrected chi connectivity index (χ1v) is 5.27. The van der Waals surface area contributed by atoms with Gasteiger partial charge >= 0.3 is 11.9 Å². The first-order valence-electron chi connectivity index (χ1n) is 4.47. The molecule has 1 aromatic carbocycles. The van der Waals surface area contributed by atoms with E-state index in [0.29, 0.717) is 16.3 Å². The molecule has 0 bridgehead atoms. The summed E-state index contributed by atoms with van der Waals surface area (Å²) < 4.78 is 5.54. The molecule has 0 radical (unpaired) electrons. The Kier molecular flexibility index (Phi) is 4.28. The number of methoxy groups -OCH3 is 1. The highest BCUT2D eigenvalue weighted by atomic mass is 79.9. The summed E-state index contributed by atoms with van der Waals surface area (Å²) in [6, 6.07) is 4.52. The summed E-state index contributed by atoms with van der Waals surface area (Å²) >= 11 is 3.20. The van der Waals surface area contributed by atoms with Gasteiger partial charge in [0.15, 0.2) is 0 Å². The third kappa shape index (κ3) is 3.32. The lowest BCUT2D eigenvalue weighted by molar-refractivity contribution is -0.133. The van der Waals surface area contributed by atoms with E-state index in [1.807, 2.05) is 0 Å². The summed E-state index contributed by atoms with van der Waals surface area (Å²) in [6.07, 6.45) is 0.649. The fraction of sp³-hybridized carbons (Fsp3) is 0.0909. The zero-order valence-corrected chi connectivity index (χ0v) is 10.4. The molecule has 2 N–H and O–H groups in total. The average molecular weight is 301 g/mol. The maximum absolute atomic E-state index is 10.9. The summed E-state index contributed by atoms with van der Waals surface area (Å²) in [5, 5.41) is 17.5. The summed E-state index contributed by atoms with van der Waals surface area (Å²) in [4.78, 5) is 21.4. The lowest BCUT2D eigenvalue weighted by atomic mass is 10.1. The number of benzene rings is 1. The minimum atomic E-state index is -1.31. The SMILES string of the molecule is COc1ccc(/C(=C/C(=O)O)C(=O)O)cc1Br. The van der Waals surface area contributed by atoms with E-state index in [-0.39, 0.29) is 11.1 Å². The van der Waals surface area contributed by atoms with Crippen molar-refractivity contribution in [2.24, 2.45) is 0 Å². The van der Waals surface area contributed by atoms with Gasteiger partial charge in [-0.3, -0.25) is 0 Å². The Morgan fingerprint density at radius 2 is 2.00 bits per heavy atom. The molecule has 0 atom stereocenters. The first-order chi connectivity index (χ1) is 7.95. The van der Waals surface area contributed by atoms with Crippen molar-refractivity contribution in [2.45, 2.75) is 0 Å². The number of carbonyl (C=O) groups is 2. The van der Waals surface area contributed by atoms with Gasteiger partial charge in [-0.1, -0.05) is 6.07 Å². The van der Waals surface area contributed by atoms with Gasteiger partial charge in [-0.25, -0.2) is 9.59 Å². The first kappa shape index (κ1) is 13.2. The molecule has 0 aromatic heterocycles. The zero-order valence-electron chi connectivity index (χ0n) is 8.81. The molecular weight excluding hydrogens is 292 g/mol. The van der Waals surface area contributed by atoms with Crippen molar-refractivity contribution < 1.29 is 24.5 Å². The molecule has 1 aromatic rings. The summed E-state index contributed by atoms with van der Waals surface area (Å²) in [7, 11) is 1.48. The molecule has 6 heteroatoms. The molecule has 0 aliphatic heterocycles. The summed E-state index contributed by atoms with van der Waals surface area (Å²) in [6.45, 7) is 0. The molecule has 0 saturated heterocycles. The van der Waals surface area contributed by atoms with Gasteiger partial charge in [0, 0.05) is 6.08 Å². The molecule has 0 unspecified atom stereocenters. The van der Waals surface area contributed by atoms with Crippen molar-refractivity contribution in [3.8, 4) is 5.75 Å². The quantitative estimate of drug-likeness (QED) is 0.831. The smallest absolute Gasteiger partial charge is 0.336 e. The fourth-order valence-electron chi connectivity index (χ4n) is 1.23. The van der Waals surface area contributed by atoms with E-state index in [9.17, 15) is 9.59 Å². The highest BCUT2D eigenvalue weighted by molar-refractivity contribution is 9.10. The van der Waals surface area contributed by atoms with Crippen molar-refractivity contribution >= 4 is 33.4 Å². The molecule has 17 heavy (non-hydrogen) atoms. The van der Waals surface area contributed by atoms with Crippen LogP contribution < -0.4 is 4.74 Å². The second kappa shape index (κ2) is 5.49. The fourth-order valence-corrected chi connectivity index (χ4v) is 1.77. The Bertz CT molecular complexity index is 493. The molecule has 0 heterocycles. The van der Waals surface area contributed by atoms with E-state index in [0.717, 1.165) is 0 Å². The Balaban J connectivity index is 3.26. The summed E-state index contributed by atoms with van der Waals surface area (Å²) in [5.41, 5.74) is -0.00609. The van der Waals surface area contributed by atoms with Gasteiger partial charge in [0.05, 0.1) is 17.2 Å². The number of rotatable bonds is 4. The Hall–Kier alpha value is -1.82. The average Bonchev–Trinajstić information content (AvgIpc) is 2.25. The van der Waals surface area contributed by atoms with Gasteiger partial charge in [0.1, 0.15) is 5.75 Å². The number of aliphatic carboxylic acids is 2. The lowest BCUT2D eigenvalue weighted by Crippen LogP contribution is -2.03. The highest BCUT2D eigenvalue weighted by Gasteiger charge is 2.13. The van der Waals surface area contributed by atoms with Crippen LogP contribution in [-0.2, 0) is 9.59 Å². The van der Waals surface area contributed by atoms with Gasteiger partial charge in [-0.2, -0.15) is 0 Å². The van der Waals surface area contributed by atoms with Crippen LogP contribution in [0.2, 0.25) is 0 Å². The van der Waals surface area contributed by atoms with Crippen LogP contribution in [0.5, 0.6) is 5.75 Å². The molecule has 0 spiro atoms. The van der Waals surface area contributed by atoms with Crippen LogP contribution in [0.25, 0.3) is 5.57 Å². The maximum Gasteiger partial charge on any atom is 0.336 e. The van der Waals surface area contributed by atoms with Gasteiger partial charge in [-0.15, -0.1) is 0 Å². The lowest BCUT2D eigenvalue weighted by Gasteiger charge is -2.06. The van der Waals surface area contributed by atoms with Crippen LogP contribution >= 0.6 is 15.9 Å². The minimum absolute atomic E-state index is 0.285. The van der Waals surface area contributed by atoms with E-state index in [1.54, 1.807) is 6.07 Å². The Morgan fingerprint density at radius 1 is 1.35 bits per heavy atom. The molecule has 90 valence electrons. The Labute approximate surface area is 105 Å². The maximum atomic E-state index is 10.9. The van der Waals surface area contributed by atoms with Gasteiger partial charge < -0.3 is 14.9 Å². The van der Waals surface area contributed by atoms with Crippen LogP contribution in [0.1, 0.15) is 5.56 Å². The molecule has 5 nitrogen and oxygen atoms in total. The van der Waals surface area contributed by atoms with E-state index in [1.165, 1.54) is 19.2 Å². The van der Waals surface area contributed by atoms with Gasteiger partial charge in [0.25, 0.3) is 0 Å². The number of carboxylic acid groups (broad SMARTS) is 2. The van der Waals surface area contributed by atoms with Crippen molar-refractivity contribution in [1.29, 1.82) is 0 Å². The largest absolute Gasteiger partial charge is 0.496 e. The van der Waals surface area contributed by atoms with E-state index < -0.39 is 11.9 Å². The van der Waals surface area contributed by atoms with Crippen molar-refractivity contribution in [3.05, 3.63) is 34.3 Å². The van der Waals surface area contributed by atoms with Crippen molar-refractivity contribution in [1.82, 2.24) is 0 Å². The third-order valence-corrected chi connectivity index (χ3v) is 2.58. The number of halogens is 1. The van der Waals surface area contributed by atoms with Crippen LogP contribution in [0.3, 0.4) is 0 Å². The molecule has 0 amide bonds. The van der Waals surface area contributed by atoms with Crippen LogP contribution in [0.4, 0.5) is 0 Å². The number of ether oxygens (including phenoxy) is 1. The molecule has 0 aliphatic rings. The summed E-state index contributed by atoms with van der Waals surface area (Å²) in [5.74, 6) is -2.08. The van der Waals surface area contributed by atoms with Crippen LogP contribution in [0, 0.1) is 0 Å². The monoisotopic (exact) mass is 300 g/mol. The van der Waals surface area contributed by atoms with Gasteiger partial charge in [0.2, 0.25) is 0 Å². The normalized spacial score (nSPS) is 11.1. The van der Waals surface area contributed by atoms with Crippen molar-refractivity contribution in [3.63, 3.8) is 0 Å². The van der Waals surface area contributed by atoms with E-state index in [4.69, 9.17) is 14.9 Å². The highest BCUT2D eigenvalue weighted by Crippen LogP contribution is 2.28. The standard InChI is InChI=1S/C11H9BrO5/c1-17-9-3-2-6(4-8(9)12)7(11(15)16)5-10(13)14/h2-5H,1H3,(H,13,14)(H,15,16)/b7-5-. The topological polar surface area (TPSA) is 83.8 Å². The zero-order chi connectivity index (χ0) is 13.0. The van der Waals surface area contributed by atoms with Gasteiger partial charge in [-0.05, 0) is 33.6 Å². The predicted octanol–water partition coefficient (Wildman–Crippen LogP) is 2.01. The van der Waals surface area contributed by atoms with Crippen LogP contribution in [-0.4, -0.2) is 29.3 Å².